The van der Waals surface area contributed by atoms with Crippen molar-refractivity contribution in [2.75, 3.05) is 6.61 Å². The molecule has 0 aliphatic heterocycles. The Morgan fingerprint density at radius 1 is 1.53 bits per heavy atom. The van der Waals surface area contributed by atoms with E-state index in [9.17, 15) is 18.0 Å². The minimum Gasteiger partial charge on any atom is -0.462 e. The Morgan fingerprint density at radius 2 is 2.16 bits per heavy atom. The maximum atomic E-state index is 12.4. The number of alkyl halides is 3. The molecular weight excluding hydrogens is 394 g/mol. The molecule has 0 fully saturated rings. The van der Waals surface area contributed by atoms with E-state index in [1.165, 1.54) is 6.07 Å². The van der Waals surface area contributed by atoms with Gasteiger partial charge in [-0.05, 0) is 53.4 Å². The van der Waals surface area contributed by atoms with Crippen LogP contribution in [-0.2, 0) is 4.74 Å². The second kappa shape index (κ2) is 6.47. The average Bonchev–Trinajstić information content (AvgIpc) is 2.30. The number of esters is 1. The lowest BCUT2D eigenvalue weighted by Crippen LogP contribution is -2.09. The fourth-order valence-corrected chi connectivity index (χ4v) is 2.72. The lowest BCUT2D eigenvalue weighted by atomic mass is 10.1. The Balaban J connectivity index is 3.29. The fourth-order valence-electron chi connectivity index (χ4n) is 1.22. The van der Waals surface area contributed by atoms with Crippen LogP contribution in [0.1, 0.15) is 22.8 Å². The molecule has 0 aromatic heterocycles. The van der Waals surface area contributed by atoms with E-state index in [1.54, 1.807) is 35.6 Å². The van der Waals surface area contributed by atoms with Crippen molar-refractivity contribution in [3.63, 3.8) is 0 Å². The number of ether oxygens (including phenoxy) is 1. The van der Waals surface area contributed by atoms with Crippen LogP contribution >= 0.6 is 34.4 Å². The van der Waals surface area contributed by atoms with E-state index in [2.05, 4.69) is 0 Å². The molecule has 1 aromatic rings. The van der Waals surface area contributed by atoms with Crippen LogP contribution in [0.15, 0.2) is 17.0 Å². The Hall–Kier alpha value is -0.950. The molecule has 0 aliphatic carbocycles. The normalized spacial score (nSPS) is 10.9. The van der Waals surface area contributed by atoms with Gasteiger partial charge in [-0.1, -0.05) is 0 Å². The third-order valence-corrected chi connectivity index (χ3v) is 4.19. The van der Waals surface area contributed by atoms with Gasteiger partial charge in [0.05, 0.1) is 23.8 Å². The maximum absolute atomic E-state index is 12.4. The van der Waals surface area contributed by atoms with E-state index in [-0.39, 0.29) is 38.0 Å². The van der Waals surface area contributed by atoms with E-state index < -0.39 is 11.5 Å². The number of thioether (sulfide) groups is 1. The number of halogens is 4. The van der Waals surface area contributed by atoms with Crippen LogP contribution in [0.4, 0.5) is 13.2 Å². The highest BCUT2D eigenvalue weighted by molar-refractivity contribution is 14.1. The van der Waals surface area contributed by atoms with Gasteiger partial charge in [-0.25, -0.2) is 4.79 Å². The highest BCUT2D eigenvalue weighted by Gasteiger charge is 2.31. The number of benzene rings is 1. The van der Waals surface area contributed by atoms with Crippen molar-refractivity contribution in [1.29, 1.82) is 5.26 Å². The lowest BCUT2D eigenvalue weighted by Gasteiger charge is -2.11. The van der Waals surface area contributed by atoms with Gasteiger partial charge in [-0.15, -0.1) is 0 Å². The van der Waals surface area contributed by atoms with Crippen molar-refractivity contribution in [2.24, 2.45) is 0 Å². The number of rotatable bonds is 3. The van der Waals surface area contributed by atoms with Gasteiger partial charge in [-0.2, -0.15) is 18.4 Å². The molecule has 0 amide bonds. The molecule has 0 heterocycles. The molecular formula is C11H7F3INO2S. The molecule has 0 radical (unpaired) electrons. The smallest absolute Gasteiger partial charge is 0.446 e. The van der Waals surface area contributed by atoms with E-state index >= 15 is 0 Å². The largest absolute Gasteiger partial charge is 0.462 e. The number of nitrogens with zero attached hydrogens (tertiary/aromatic N) is 1. The van der Waals surface area contributed by atoms with E-state index in [1.807, 2.05) is 0 Å². The first kappa shape index (κ1) is 16.1. The molecule has 0 N–H and O–H groups in total. The molecule has 0 aliphatic rings. The van der Waals surface area contributed by atoms with Crippen molar-refractivity contribution in [3.8, 4) is 6.07 Å². The van der Waals surface area contributed by atoms with Crippen LogP contribution in [0.5, 0.6) is 0 Å². The molecule has 102 valence electrons. The van der Waals surface area contributed by atoms with Crippen LogP contribution in [0.3, 0.4) is 0 Å². The predicted octanol–water partition coefficient (Wildman–Crippen LogP) is 3.95. The lowest BCUT2D eigenvalue weighted by molar-refractivity contribution is -0.0328. The molecule has 0 spiro atoms. The summed E-state index contributed by atoms with van der Waals surface area (Å²) in [6, 6.07) is 4.05. The van der Waals surface area contributed by atoms with Crippen molar-refractivity contribution >= 4 is 40.3 Å². The number of carbonyl (C=O) groups excluding carboxylic acids is 1. The van der Waals surface area contributed by atoms with Gasteiger partial charge in [0.15, 0.2) is 0 Å². The zero-order valence-electron chi connectivity index (χ0n) is 9.55. The average molecular weight is 401 g/mol. The van der Waals surface area contributed by atoms with Crippen LogP contribution in [0.25, 0.3) is 0 Å². The molecule has 8 heteroatoms. The summed E-state index contributed by atoms with van der Waals surface area (Å²) in [5, 5.41) is 8.79. The van der Waals surface area contributed by atoms with Gasteiger partial charge in [-0.3, -0.25) is 0 Å². The van der Waals surface area contributed by atoms with Gasteiger partial charge >= 0.3 is 11.5 Å². The Morgan fingerprint density at radius 3 is 2.63 bits per heavy atom. The first-order valence-corrected chi connectivity index (χ1v) is 6.84. The summed E-state index contributed by atoms with van der Waals surface area (Å²) in [7, 11) is 0. The van der Waals surface area contributed by atoms with Gasteiger partial charge in [0, 0.05) is 8.47 Å². The molecule has 0 saturated heterocycles. The van der Waals surface area contributed by atoms with Crippen LogP contribution in [0, 0.1) is 14.9 Å². The second-order valence-electron chi connectivity index (χ2n) is 3.22. The zero-order chi connectivity index (χ0) is 14.6. The first-order chi connectivity index (χ1) is 8.78. The first-order valence-electron chi connectivity index (χ1n) is 4.95. The second-order valence-corrected chi connectivity index (χ2v) is 5.40. The number of nitriles is 1. The quantitative estimate of drug-likeness (QED) is 0.437. The minimum atomic E-state index is -4.49. The summed E-state index contributed by atoms with van der Waals surface area (Å²) >= 11 is 1.28. The monoisotopic (exact) mass is 401 g/mol. The maximum Gasteiger partial charge on any atom is 0.446 e. The highest BCUT2D eigenvalue weighted by Crippen LogP contribution is 2.40. The Labute approximate surface area is 125 Å². The summed E-state index contributed by atoms with van der Waals surface area (Å²) in [5.41, 5.74) is -4.54. The topological polar surface area (TPSA) is 50.1 Å². The van der Waals surface area contributed by atoms with Crippen LogP contribution in [0.2, 0.25) is 0 Å². The van der Waals surface area contributed by atoms with E-state index in [4.69, 9.17) is 10.00 Å². The molecule has 0 atom stereocenters. The molecule has 0 unspecified atom stereocenters. The Kier molecular flexibility index (Phi) is 5.49. The van der Waals surface area contributed by atoms with Crippen LogP contribution in [-0.4, -0.2) is 18.1 Å². The molecule has 0 saturated carbocycles. The summed E-state index contributed by atoms with van der Waals surface area (Å²) in [6.45, 7) is 1.69. The van der Waals surface area contributed by atoms with Crippen molar-refractivity contribution < 1.29 is 22.7 Å². The third-order valence-electron chi connectivity index (χ3n) is 1.89. The number of carbonyl (C=O) groups is 1. The van der Waals surface area contributed by atoms with Crippen molar-refractivity contribution in [3.05, 3.63) is 26.8 Å². The minimum absolute atomic E-state index is 0.0183. The molecule has 1 aromatic carbocycles. The van der Waals surface area contributed by atoms with E-state index in [0.29, 0.717) is 0 Å². The molecule has 3 nitrogen and oxygen atoms in total. The number of hydrogen-bond acceptors (Lipinski definition) is 4. The SMILES string of the molecule is CCOC(=O)c1cc(C#N)cc(SC(F)(F)F)c1I. The Bertz CT molecular complexity index is 540. The molecule has 1 rings (SSSR count). The summed E-state index contributed by atoms with van der Waals surface area (Å²) in [5.74, 6) is -0.743. The number of hydrogen-bond donors (Lipinski definition) is 0. The third kappa shape index (κ3) is 4.58. The summed E-state index contributed by atoms with van der Waals surface area (Å²) < 4.78 is 42.1. The summed E-state index contributed by atoms with van der Waals surface area (Å²) in [4.78, 5) is 11.4. The summed E-state index contributed by atoms with van der Waals surface area (Å²) in [6.07, 6.45) is 0. The van der Waals surface area contributed by atoms with Crippen LogP contribution < -0.4 is 0 Å². The van der Waals surface area contributed by atoms with E-state index in [0.717, 1.165) is 6.07 Å². The van der Waals surface area contributed by atoms with Gasteiger partial charge in [0.2, 0.25) is 0 Å². The van der Waals surface area contributed by atoms with Crippen molar-refractivity contribution in [1.82, 2.24) is 0 Å². The zero-order valence-corrected chi connectivity index (χ0v) is 12.5. The van der Waals surface area contributed by atoms with Gasteiger partial charge in [0.25, 0.3) is 0 Å². The standard InChI is InChI=1S/C11H7F3INO2S/c1-2-18-10(17)7-3-6(5-16)4-8(9(7)15)19-11(12,13)14/h3-4H,2H2,1H3. The predicted molar refractivity (Wildman–Crippen MR) is 71.7 cm³/mol. The molecule has 0 bridgehead atoms. The van der Waals surface area contributed by atoms with Gasteiger partial charge < -0.3 is 4.74 Å². The fraction of sp³-hybridized carbons (Fsp3) is 0.273. The van der Waals surface area contributed by atoms with Crippen molar-refractivity contribution in [2.45, 2.75) is 17.3 Å². The highest BCUT2D eigenvalue weighted by atomic mass is 127. The van der Waals surface area contributed by atoms with Gasteiger partial charge in [0.1, 0.15) is 0 Å². The molecule has 19 heavy (non-hydrogen) atoms.